The van der Waals surface area contributed by atoms with Crippen LogP contribution in [0.5, 0.6) is 0 Å². The number of rotatable bonds is 3. The van der Waals surface area contributed by atoms with Gasteiger partial charge in [-0.05, 0) is 18.6 Å². The van der Waals surface area contributed by atoms with Crippen molar-refractivity contribution in [3.63, 3.8) is 0 Å². The molecular formula is C11H13NO. The molecule has 68 valence electrons. The summed E-state index contributed by atoms with van der Waals surface area (Å²) >= 11 is 0. The molecule has 2 nitrogen and oxygen atoms in total. The fourth-order valence-corrected chi connectivity index (χ4v) is 1.35. The van der Waals surface area contributed by atoms with E-state index in [1.807, 2.05) is 24.3 Å². The predicted molar refractivity (Wildman–Crippen MR) is 52.6 cm³/mol. The van der Waals surface area contributed by atoms with Crippen molar-refractivity contribution >= 4 is 11.1 Å². The molecule has 0 fully saturated rings. The van der Waals surface area contributed by atoms with Crippen molar-refractivity contribution in [3.8, 4) is 0 Å². The molecule has 2 heteroatoms. The van der Waals surface area contributed by atoms with Gasteiger partial charge in [-0.25, -0.2) is 4.98 Å². The summed E-state index contributed by atoms with van der Waals surface area (Å²) < 4.78 is 5.56. The van der Waals surface area contributed by atoms with Gasteiger partial charge in [-0.1, -0.05) is 25.5 Å². The van der Waals surface area contributed by atoms with Gasteiger partial charge >= 0.3 is 0 Å². The van der Waals surface area contributed by atoms with E-state index < -0.39 is 0 Å². The quantitative estimate of drug-likeness (QED) is 0.716. The first-order valence-corrected chi connectivity index (χ1v) is 4.74. The Bertz CT molecular complexity index is 359. The maximum absolute atomic E-state index is 5.56. The molecule has 0 aliphatic rings. The Hall–Kier alpha value is -1.31. The summed E-state index contributed by atoms with van der Waals surface area (Å²) in [5.74, 6) is 0.864. The first kappa shape index (κ1) is 8.30. The van der Waals surface area contributed by atoms with E-state index in [1.165, 1.54) is 6.42 Å². The SMILES string of the molecule is CCCCc1nc2ccccc2o1. The standard InChI is InChI=1S/C11H13NO/c1-2-3-8-11-12-9-6-4-5-7-10(9)13-11/h4-7H,2-3,8H2,1H3. The maximum Gasteiger partial charge on any atom is 0.195 e. The second-order valence-corrected chi connectivity index (χ2v) is 3.18. The molecule has 0 unspecified atom stereocenters. The summed E-state index contributed by atoms with van der Waals surface area (Å²) in [6.07, 6.45) is 3.27. The van der Waals surface area contributed by atoms with E-state index in [-0.39, 0.29) is 0 Å². The Kier molecular flexibility index (Phi) is 2.30. The van der Waals surface area contributed by atoms with Crippen molar-refractivity contribution in [3.05, 3.63) is 30.2 Å². The molecule has 2 rings (SSSR count). The lowest BCUT2D eigenvalue weighted by Crippen LogP contribution is -1.82. The lowest BCUT2D eigenvalue weighted by Gasteiger charge is -1.89. The topological polar surface area (TPSA) is 26.0 Å². The minimum absolute atomic E-state index is 0.864. The molecule has 1 aromatic carbocycles. The highest BCUT2D eigenvalue weighted by Crippen LogP contribution is 2.15. The van der Waals surface area contributed by atoms with E-state index in [0.717, 1.165) is 29.8 Å². The Morgan fingerprint density at radius 1 is 1.31 bits per heavy atom. The van der Waals surface area contributed by atoms with Gasteiger partial charge in [0.25, 0.3) is 0 Å². The average molecular weight is 175 g/mol. The number of aryl methyl sites for hydroxylation is 1. The maximum atomic E-state index is 5.56. The highest BCUT2D eigenvalue weighted by Gasteiger charge is 2.02. The molecule has 13 heavy (non-hydrogen) atoms. The van der Waals surface area contributed by atoms with Gasteiger partial charge in [0, 0.05) is 6.42 Å². The third-order valence-corrected chi connectivity index (χ3v) is 2.08. The molecule has 0 radical (unpaired) electrons. The normalized spacial score (nSPS) is 10.8. The average Bonchev–Trinajstić information content (AvgIpc) is 2.57. The Morgan fingerprint density at radius 3 is 2.92 bits per heavy atom. The molecule has 0 N–H and O–H groups in total. The van der Waals surface area contributed by atoms with Crippen LogP contribution >= 0.6 is 0 Å². The number of benzene rings is 1. The lowest BCUT2D eigenvalue weighted by atomic mass is 10.2. The molecule has 0 saturated carbocycles. The number of hydrogen-bond acceptors (Lipinski definition) is 2. The zero-order valence-electron chi connectivity index (χ0n) is 7.79. The zero-order chi connectivity index (χ0) is 9.10. The number of fused-ring (bicyclic) bond motifs is 1. The highest BCUT2D eigenvalue weighted by molar-refractivity contribution is 5.72. The summed E-state index contributed by atoms with van der Waals surface area (Å²) in [4.78, 5) is 4.38. The molecule has 0 bridgehead atoms. The van der Waals surface area contributed by atoms with Crippen LogP contribution in [0.3, 0.4) is 0 Å². The second-order valence-electron chi connectivity index (χ2n) is 3.18. The molecule has 1 aromatic heterocycles. The van der Waals surface area contributed by atoms with E-state index in [4.69, 9.17) is 4.42 Å². The van der Waals surface area contributed by atoms with Crippen LogP contribution in [0.2, 0.25) is 0 Å². The molecule has 0 saturated heterocycles. The summed E-state index contributed by atoms with van der Waals surface area (Å²) in [6, 6.07) is 7.89. The molecule has 1 heterocycles. The van der Waals surface area contributed by atoms with Crippen molar-refractivity contribution in [1.82, 2.24) is 4.98 Å². The number of oxazole rings is 1. The summed E-state index contributed by atoms with van der Waals surface area (Å²) in [7, 11) is 0. The van der Waals surface area contributed by atoms with Crippen LogP contribution in [0.1, 0.15) is 25.7 Å². The van der Waals surface area contributed by atoms with E-state index in [2.05, 4.69) is 11.9 Å². The van der Waals surface area contributed by atoms with Gasteiger partial charge in [0.1, 0.15) is 5.52 Å². The number of hydrogen-bond donors (Lipinski definition) is 0. The number of unbranched alkanes of at least 4 members (excludes halogenated alkanes) is 1. The van der Waals surface area contributed by atoms with Crippen molar-refractivity contribution in [2.24, 2.45) is 0 Å². The first-order valence-electron chi connectivity index (χ1n) is 4.74. The van der Waals surface area contributed by atoms with Gasteiger partial charge in [0.15, 0.2) is 11.5 Å². The minimum Gasteiger partial charge on any atom is -0.441 e. The monoisotopic (exact) mass is 175 g/mol. The van der Waals surface area contributed by atoms with Crippen LogP contribution in [0.15, 0.2) is 28.7 Å². The van der Waals surface area contributed by atoms with Gasteiger partial charge in [-0.15, -0.1) is 0 Å². The van der Waals surface area contributed by atoms with Gasteiger partial charge in [-0.3, -0.25) is 0 Å². The predicted octanol–water partition coefficient (Wildman–Crippen LogP) is 3.17. The van der Waals surface area contributed by atoms with Gasteiger partial charge in [0.05, 0.1) is 0 Å². The van der Waals surface area contributed by atoms with Gasteiger partial charge in [0.2, 0.25) is 0 Å². The Balaban J connectivity index is 2.28. The van der Waals surface area contributed by atoms with Crippen LogP contribution < -0.4 is 0 Å². The third-order valence-electron chi connectivity index (χ3n) is 2.08. The van der Waals surface area contributed by atoms with Crippen molar-refractivity contribution in [2.45, 2.75) is 26.2 Å². The van der Waals surface area contributed by atoms with E-state index in [0.29, 0.717) is 0 Å². The van der Waals surface area contributed by atoms with Crippen LogP contribution in [0.25, 0.3) is 11.1 Å². The third kappa shape index (κ3) is 1.72. The molecule has 2 aromatic rings. The molecular weight excluding hydrogens is 162 g/mol. The van der Waals surface area contributed by atoms with Gasteiger partial charge in [-0.2, -0.15) is 0 Å². The minimum atomic E-state index is 0.864. The molecule has 0 spiro atoms. The summed E-state index contributed by atoms with van der Waals surface area (Å²) in [5, 5.41) is 0. The van der Waals surface area contributed by atoms with Crippen LogP contribution in [0, 0.1) is 0 Å². The number of nitrogens with zero attached hydrogens (tertiary/aromatic N) is 1. The van der Waals surface area contributed by atoms with Crippen LogP contribution in [-0.2, 0) is 6.42 Å². The van der Waals surface area contributed by atoms with E-state index >= 15 is 0 Å². The van der Waals surface area contributed by atoms with E-state index in [9.17, 15) is 0 Å². The first-order chi connectivity index (χ1) is 6.40. The largest absolute Gasteiger partial charge is 0.441 e. The van der Waals surface area contributed by atoms with E-state index in [1.54, 1.807) is 0 Å². The van der Waals surface area contributed by atoms with Crippen molar-refractivity contribution in [2.75, 3.05) is 0 Å². The number of para-hydroxylation sites is 2. The van der Waals surface area contributed by atoms with Gasteiger partial charge < -0.3 is 4.42 Å². The number of aromatic nitrogens is 1. The summed E-state index contributed by atoms with van der Waals surface area (Å²) in [6.45, 7) is 2.17. The Labute approximate surface area is 77.6 Å². The summed E-state index contributed by atoms with van der Waals surface area (Å²) in [5.41, 5.74) is 1.86. The molecule has 0 atom stereocenters. The van der Waals surface area contributed by atoms with Crippen molar-refractivity contribution < 1.29 is 4.42 Å². The molecule has 0 amide bonds. The Morgan fingerprint density at radius 2 is 2.15 bits per heavy atom. The smallest absolute Gasteiger partial charge is 0.195 e. The second kappa shape index (κ2) is 3.60. The highest BCUT2D eigenvalue weighted by atomic mass is 16.3. The lowest BCUT2D eigenvalue weighted by molar-refractivity contribution is 0.517. The molecule has 0 aliphatic heterocycles. The fourth-order valence-electron chi connectivity index (χ4n) is 1.35. The van der Waals surface area contributed by atoms with Crippen LogP contribution in [0.4, 0.5) is 0 Å². The fraction of sp³-hybridized carbons (Fsp3) is 0.364. The van der Waals surface area contributed by atoms with Crippen LogP contribution in [-0.4, -0.2) is 4.98 Å². The molecule has 0 aliphatic carbocycles. The van der Waals surface area contributed by atoms with Crippen molar-refractivity contribution in [1.29, 1.82) is 0 Å². The zero-order valence-corrected chi connectivity index (χ0v) is 7.79.